The fraction of sp³-hybridized carbons (Fsp3) is 0.0833. The highest BCUT2D eigenvalue weighted by Crippen LogP contribution is 2.16. The van der Waals surface area contributed by atoms with Crippen LogP contribution in [0.15, 0.2) is 84.9 Å². The zero-order valence-electron chi connectivity index (χ0n) is 17.1. The van der Waals surface area contributed by atoms with E-state index >= 15 is 0 Å². The van der Waals surface area contributed by atoms with Crippen molar-refractivity contribution in [2.24, 2.45) is 0 Å². The predicted octanol–water partition coefficient (Wildman–Crippen LogP) is 2.52. The second-order valence-electron chi connectivity index (χ2n) is 6.74. The summed E-state index contributed by atoms with van der Waals surface area (Å²) >= 11 is 0. The van der Waals surface area contributed by atoms with Crippen LogP contribution in [0.4, 0.5) is 5.69 Å². The van der Waals surface area contributed by atoms with Gasteiger partial charge in [-0.15, -0.1) is 0 Å². The first-order valence-electron chi connectivity index (χ1n) is 9.92. The summed E-state index contributed by atoms with van der Waals surface area (Å²) in [6, 6.07) is 23.7. The van der Waals surface area contributed by atoms with Crippen LogP contribution in [0.2, 0.25) is 0 Å². The summed E-state index contributed by atoms with van der Waals surface area (Å²) in [7, 11) is 0. The van der Waals surface area contributed by atoms with Crippen LogP contribution in [-0.2, 0) is 4.79 Å². The molecule has 3 aromatic rings. The van der Waals surface area contributed by atoms with Crippen LogP contribution in [0, 0.1) is 0 Å². The molecule has 4 amide bonds. The molecule has 8 nitrogen and oxygen atoms in total. The fourth-order valence-electron chi connectivity index (χ4n) is 2.81. The number of nitrogens with one attached hydrogen (secondary N) is 4. The van der Waals surface area contributed by atoms with Crippen LogP contribution in [0.3, 0.4) is 0 Å². The maximum Gasteiger partial charge on any atom is 0.269 e. The van der Waals surface area contributed by atoms with Crippen molar-refractivity contribution in [3.8, 4) is 0 Å². The third-order valence-corrected chi connectivity index (χ3v) is 4.44. The molecule has 0 radical (unpaired) electrons. The van der Waals surface area contributed by atoms with Gasteiger partial charge >= 0.3 is 0 Å². The minimum atomic E-state index is -0.458. The van der Waals surface area contributed by atoms with Crippen LogP contribution in [0.1, 0.15) is 37.5 Å². The lowest BCUT2D eigenvalue weighted by molar-refractivity contribution is -0.121. The summed E-state index contributed by atoms with van der Waals surface area (Å²) in [5, 5.41) is 5.37. The molecule has 0 aliphatic rings. The molecule has 0 heterocycles. The third kappa shape index (κ3) is 6.27. The highest BCUT2D eigenvalue weighted by atomic mass is 16.2. The number of benzene rings is 3. The molecule has 0 aliphatic carbocycles. The smallest absolute Gasteiger partial charge is 0.269 e. The second kappa shape index (κ2) is 11.1. The number of hydrogen-bond donors (Lipinski definition) is 4. The molecule has 32 heavy (non-hydrogen) atoms. The van der Waals surface area contributed by atoms with Gasteiger partial charge in [0.15, 0.2) is 0 Å². The Labute approximate surface area is 185 Å². The fourth-order valence-corrected chi connectivity index (χ4v) is 2.81. The third-order valence-electron chi connectivity index (χ3n) is 4.44. The van der Waals surface area contributed by atoms with E-state index in [0.717, 1.165) is 0 Å². The van der Waals surface area contributed by atoms with Crippen LogP contribution in [0.5, 0.6) is 0 Å². The van der Waals surface area contributed by atoms with Crippen LogP contribution >= 0.6 is 0 Å². The molecule has 0 spiro atoms. The first-order chi connectivity index (χ1) is 15.5. The van der Waals surface area contributed by atoms with E-state index in [4.69, 9.17) is 0 Å². The molecule has 3 rings (SSSR count). The summed E-state index contributed by atoms with van der Waals surface area (Å²) in [5.74, 6) is -1.67. The average Bonchev–Trinajstić information content (AvgIpc) is 2.84. The van der Waals surface area contributed by atoms with Crippen molar-refractivity contribution >= 4 is 29.3 Å². The Morgan fingerprint density at radius 3 is 1.81 bits per heavy atom. The molecule has 0 saturated carbocycles. The van der Waals surface area contributed by atoms with Gasteiger partial charge in [-0.2, -0.15) is 0 Å². The van der Waals surface area contributed by atoms with E-state index in [1.165, 1.54) is 0 Å². The quantitative estimate of drug-likeness (QED) is 0.431. The number of hydrazine groups is 1. The number of para-hydroxylation sites is 1. The predicted molar refractivity (Wildman–Crippen MR) is 120 cm³/mol. The molecule has 162 valence electrons. The summed E-state index contributed by atoms with van der Waals surface area (Å²) < 4.78 is 0. The van der Waals surface area contributed by atoms with Gasteiger partial charge in [0.1, 0.15) is 0 Å². The summed E-state index contributed by atoms with van der Waals surface area (Å²) in [4.78, 5) is 48.8. The van der Waals surface area contributed by atoms with Crippen molar-refractivity contribution in [3.63, 3.8) is 0 Å². The van der Waals surface area contributed by atoms with E-state index in [-0.39, 0.29) is 24.4 Å². The van der Waals surface area contributed by atoms with Gasteiger partial charge in [0.25, 0.3) is 17.7 Å². The molecule has 4 N–H and O–H groups in total. The Morgan fingerprint density at radius 1 is 0.594 bits per heavy atom. The van der Waals surface area contributed by atoms with E-state index in [1.807, 2.05) is 0 Å². The van der Waals surface area contributed by atoms with Gasteiger partial charge in [0.05, 0.1) is 11.3 Å². The Morgan fingerprint density at radius 2 is 1.16 bits per heavy atom. The van der Waals surface area contributed by atoms with Crippen LogP contribution in [-0.4, -0.2) is 30.2 Å². The topological polar surface area (TPSA) is 116 Å². The molecular weight excluding hydrogens is 408 g/mol. The molecule has 3 aromatic carbocycles. The molecule has 0 aliphatic heterocycles. The molecule has 8 heteroatoms. The standard InChI is InChI=1S/C24H22N4O4/c29-21(27-28-23(31)18-11-5-2-6-12-18)15-16-25-24(32)19-13-7-8-14-20(19)26-22(30)17-9-3-1-4-10-17/h1-14H,15-16H2,(H,25,32)(H,26,30)(H,27,29)(H,28,31). The van der Waals surface area contributed by atoms with Crippen molar-refractivity contribution in [2.45, 2.75) is 6.42 Å². The number of carbonyl (C=O) groups is 4. The van der Waals surface area contributed by atoms with Gasteiger partial charge < -0.3 is 10.6 Å². The molecular formula is C24H22N4O4. The van der Waals surface area contributed by atoms with Gasteiger partial charge in [0, 0.05) is 24.1 Å². The highest BCUT2D eigenvalue weighted by molar-refractivity contribution is 6.09. The Hall–Kier alpha value is -4.46. The maximum absolute atomic E-state index is 12.6. The van der Waals surface area contributed by atoms with Gasteiger partial charge in [0.2, 0.25) is 5.91 Å². The van der Waals surface area contributed by atoms with Crippen LogP contribution < -0.4 is 21.5 Å². The Balaban J connectivity index is 1.48. The van der Waals surface area contributed by atoms with E-state index in [2.05, 4.69) is 21.5 Å². The van der Waals surface area contributed by atoms with Crippen LogP contribution in [0.25, 0.3) is 0 Å². The zero-order valence-corrected chi connectivity index (χ0v) is 17.1. The molecule has 0 aromatic heterocycles. The van der Waals surface area contributed by atoms with E-state index in [1.54, 1.807) is 84.9 Å². The second-order valence-corrected chi connectivity index (χ2v) is 6.74. The monoisotopic (exact) mass is 430 g/mol. The van der Waals surface area contributed by atoms with Gasteiger partial charge in [-0.1, -0.05) is 48.5 Å². The number of hydrogen-bond acceptors (Lipinski definition) is 4. The Bertz CT molecular complexity index is 1100. The zero-order chi connectivity index (χ0) is 22.8. The highest BCUT2D eigenvalue weighted by Gasteiger charge is 2.14. The van der Waals surface area contributed by atoms with Crippen molar-refractivity contribution in [2.75, 3.05) is 11.9 Å². The summed E-state index contributed by atoms with van der Waals surface area (Å²) in [6.07, 6.45) is -0.0423. The number of anilines is 1. The Kier molecular flexibility index (Phi) is 7.69. The SMILES string of the molecule is O=C(CCNC(=O)c1ccccc1NC(=O)c1ccccc1)NNC(=O)c1ccccc1. The normalized spacial score (nSPS) is 10.0. The van der Waals surface area contributed by atoms with Gasteiger partial charge in [-0.25, -0.2) is 0 Å². The van der Waals surface area contributed by atoms with Gasteiger partial charge in [-0.3, -0.25) is 30.0 Å². The first-order valence-corrected chi connectivity index (χ1v) is 9.92. The first kappa shape index (κ1) is 22.2. The van der Waals surface area contributed by atoms with E-state index < -0.39 is 17.7 Å². The van der Waals surface area contributed by atoms with Crippen molar-refractivity contribution in [1.82, 2.24) is 16.2 Å². The molecule has 0 bridgehead atoms. The largest absolute Gasteiger partial charge is 0.351 e. The van der Waals surface area contributed by atoms with Crippen molar-refractivity contribution < 1.29 is 19.2 Å². The number of carbonyl (C=O) groups excluding carboxylic acids is 4. The summed E-state index contributed by atoms with van der Waals surface area (Å²) in [5.41, 5.74) is 6.13. The minimum Gasteiger partial charge on any atom is -0.351 e. The molecule has 0 unspecified atom stereocenters. The lowest BCUT2D eigenvalue weighted by Crippen LogP contribution is -2.42. The van der Waals surface area contributed by atoms with Crippen molar-refractivity contribution in [1.29, 1.82) is 0 Å². The van der Waals surface area contributed by atoms with Gasteiger partial charge in [-0.05, 0) is 36.4 Å². The lowest BCUT2D eigenvalue weighted by Gasteiger charge is -2.12. The minimum absolute atomic E-state index is 0.0423. The average molecular weight is 430 g/mol. The molecule has 0 fully saturated rings. The molecule has 0 saturated heterocycles. The summed E-state index contributed by atoms with van der Waals surface area (Å²) in [6.45, 7) is 0.0485. The number of rotatable bonds is 7. The maximum atomic E-state index is 12.6. The van der Waals surface area contributed by atoms with Crippen molar-refractivity contribution in [3.05, 3.63) is 102 Å². The van der Waals surface area contributed by atoms with E-state index in [0.29, 0.717) is 16.8 Å². The van der Waals surface area contributed by atoms with E-state index in [9.17, 15) is 19.2 Å². The number of amides is 4. The molecule has 0 atom stereocenters. The lowest BCUT2D eigenvalue weighted by atomic mass is 10.1.